The Hall–Kier alpha value is -1.64. The standard InChI is InChI=1S/C18H32N4O3S/c1-4-19-18(20-12-8-14-22-26(3,23)24)21-13-9-15-25-16(2)17-10-6-5-7-11-17/h5-7,10-11,16,22H,4,8-9,12-15H2,1-3H3,(H2,19,20,21). The fourth-order valence-corrected chi connectivity index (χ4v) is 2.75. The highest BCUT2D eigenvalue weighted by atomic mass is 32.2. The minimum atomic E-state index is -3.12. The van der Waals surface area contributed by atoms with Crippen molar-refractivity contribution >= 4 is 16.0 Å². The largest absolute Gasteiger partial charge is 0.374 e. The van der Waals surface area contributed by atoms with E-state index in [1.165, 1.54) is 5.56 Å². The molecule has 7 nitrogen and oxygen atoms in total. The fraction of sp³-hybridized carbons (Fsp3) is 0.611. The van der Waals surface area contributed by atoms with Crippen LogP contribution in [0.5, 0.6) is 0 Å². The van der Waals surface area contributed by atoms with Gasteiger partial charge in [-0.2, -0.15) is 0 Å². The molecule has 8 heteroatoms. The third-order valence-electron chi connectivity index (χ3n) is 3.56. The van der Waals surface area contributed by atoms with E-state index in [0.29, 0.717) is 32.7 Å². The lowest BCUT2D eigenvalue weighted by Gasteiger charge is -2.13. The Labute approximate surface area is 157 Å². The lowest BCUT2D eigenvalue weighted by atomic mass is 10.1. The van der Waals surface area contributed by atoms with Gasteiger partial charge < -0.3 is 15.4 Å². The molecule has 1 aromatic rings. The Morgan fingerprint density at radius 1 is 1.15 bits per heavy atom. The monoisotopic (exact) mass is 384 g/mol. The second kappa shape index (κ2) is 12.7. The number of rotatable bonds is 12. The van der Waals surface area contributed by atoms with Gasteiger partial charge in [0.25, 0.3) is 0 Å². The summed E-state index contributed by atoms with van der Waals surface area (Å²) >= 11 is 0. The molecule has 26 heavy (non-hydrogen) atoms. The zero-order valence-electron chi connectivity index (χ0n) is 16.0. The molecule has 1 aromatic carbocycles. The van der Waals surface area contributed by atoms with Crippen molar-refractivity contribution in [3.8, 4) is 0 Å². The third-order valence-corrected chi connectivity index (χ3v) is 4.29. The van der Waals surface area contributed by atoms with Gasteiger partial charge in [-0.05, 0) is 32.3 Å². The molecular formula is C18H32N4O3S. The van der Waals surface area contributed by atoms with E-state index in [1.54, 1.807) is 0 Å². The summed E-state index contributed by atoms with van der Waals surface area (Å²) in [6, 6.07) is 10.2. The van der Waals surface area contributed by atoms with E-state index < -0.39 is 10.0 Å². The van der Waals surface area contributed by atoms with Gasteiger partial charge in [0.1, 0.15) is 0 Å². The molecule has 1 unspecified atom stereocenters. The molecule has 148 valence electrons. The van der Waals surface area contributed by atoms with Gasteiger partial charge in [0.2, 0.25) is 10.0 Å². The van der Waals surface area contributed by atoms with Gasteiger partial charge >= 0.3 is 0 Å². The van der Waals surface area contributed by atoms with Crippen LogP contribution >= 0.6 is 0 Å². The average molecular weight is 385 g/mol. The minimum Gasteiger partial charge on any atom is -0.374 e. The maximum Gasteiger partial charge on any atom is 0.208 e. The predicted octanol–water partition coefficient (Wildman–Crippen LogP) is 1.65. The first kappa shape index (κ1) is 22.4. The van der Waals surface area contributed by atoms with E-state index in [9.17, 15) is 8.42 Å². The quantitative estimate of drug-likeness (QED) is 0.290. The second-order valence-electron chi connectivity index (χ2n) is 5.98. The topological polar surface area (TPSA) is 91.8 Å². The number of aliphatic imine (C=N–C) groups is 1. The highest BCUT2D eigenvalue weighted by molar-refractivity contribution is 7.88. The highest BCUT2D eigenvalue weighted by Gasteiger charge is 2.04. The maximum absolute atomic E-state index is 11.0. The molecule has 0 bridgehead atoms. The number of ether oxygens (including phenoxy) is 1. The molecule has 0 aliphatic carbocycles. The molecule has 0 spiro atoms. The molecule has 0 radical (unpaired) electrons. The van der Waals surface area contributed by atoms with Crippen molar-refractivity contribution in [3.05, 3.63) is 35.9 Å². The van der Waals surface area contributed by atoms with Gasteiger partial charge in [0, 0.05) is 32.8 Å². The molecule has 0 heterocycles. The van der Waals surface area contributed by atoms with Gasteiger partial charge in [-0.1, -0.05) is 30.3 Å². The summed E-state index contributed by atoms with van der Waals surface area (Å²) in [6.07, 6.45) is 2.76. The van der Waals surface area contributed by atoms with Crippen LogP contribution in [-0.4, -0.2) is 53.4 Å². The molecule has 1 rings (SSSR count). The minimum absolute atomic E-state index is 0.0777. The Morgan fingerprint density at radius 3 is 2.54 bits per heavy atom. The van der Waals surface area contributed by atoms with Gasteiger partial charge in [0.15, 0.2) is 5.96 Å². The van der Waals surface area contributed by atoms with Gasteiger partial charge in [0.05, 0.1) is 12.4 Å². The van der Waals surface area contributed by atoms with Crippen LogP contribution in [0.1, 0.15) is 38.4 Å². The summed E-state index contributed by atoms with van der Waals surface area (Å²) in [5.41, 5.74) is 1.17. The number of sulfonamides is 1. The lowest BCUT2D eigenvalue weighted by Crippen LogP contribution is -2.38. The average Bonchev–Trinajstić information content (AvgIpc) is 2.60. The molecule has 1 atom stereocenters. The Kier molecular flexibility index (Phi) is 10.9. The highest BCUT2D eigenvalue weighted by Crippen LogP contribution is 2.15. The van der Waals surface area contributed by atoms with E-state index in [-0.39, 0.29) is 6.10 Å². The first-order valence-corrected chi connectivity index (χ1v) is 10.9. The number of hydrogen-bond donors (Lipinski definition) is 3. The van der Waals surface area contributed by atoms with E-state index in [4.69, 9.17) is 4.74 Å². The summed E-state index contributed by atoms with van der Waals surface area (Å²) in [6.45, 7) is 7.21. The first-order chi connectivity index (χ1) is 12.4. The van der Waals surface area contributed by atoms with Crippen molar-refractivity contribution in [1.82, 2.24) is 15.4 Å². The molecule has 0 aliphatic heterocycles. The molecule has 0 saturated carbocycles. The van der Waals surface area contributed by atoms with E-state index in [2.05, 4.69) is 39.4 Å². The van der Waals surface area contributed by atoms with Crippen molar-refractivity contribution < 1.29 is 13.2 Å². The normalized spacial score (nSPS) is 13.4. The van der Waals surface area contributed by atoms with Crippen molar-refractivity contribution in [2.24, 2.45) is 4.99 Å². The number of nitrogens with zero attached hydrogens (tertiary/aromatic N) is 1. The summed E-state index contributed by atoms with van der Waals surface area (Å²) in [5.74, 6) is 0.739. The third kappa shape index (κ3) is 11.1. The van der Waals surface area contributed by atoms with Crippen molar-refractivity contribution in [1.29, 1.82) is 0 Å². The number of nitrogens with one attached hydrogen (secondary N) is 3. The number of hydrogen-bond acceptors (Lipinski definition) is 4. The Bertz CT molecular complexity index is 621. The van der Waals surface area contributed by atoms with Crippen LogP contribution < -0.4 is 15.4 Å². The SMILES string of the molecule is CCNC(=NCCCOC(C)c1ccccc1)NCCCNS(C)(=O)=O. The zero-order valence-corrected chi connectivity index (χ0v) is 16.8. The number of guanidine groups is 1. The van der Waals surface area contributed by atoms with Crippen molar-refractivity contribution in [3.63, 3.8) is 0 Å². The van der Waals surface area contributed by atoms with Crippen LogP contribution in [0.15, 0.2) is 35.3 Å². The predicted molar refractivity (Wildman–Crippen MR) is 107 cm³/mol. The molecule has 3 N–H and O–H groups in total. The Morgan fingerprint density at radius 2 is 1.88 bits per heavy atom. The molecule has 0 aliphatic rings. The van der Waals surface area contributed by atoms with Crippen molar-refractivity contribution in [2.45, 2.75) is 32.8 Å². The zero-order chi connectivity index (χ0) is 19.3. The van der Waals surface area contributed by atoms with E-state index >= 15 is 0 Å². The van der Waals surface area contributed by atoms with Crippen LogP contribution in [0.4, 0.5) is 0 Å². The van der Waals surface area contributed by atoms with Gasteiger partial charge in [-0.25, -0.2) is 13.1 Å². The number of benzene rings is 1. The van der Waals surface area contributed by atoms with Crippen LogP contribution in [0, 0.1) is 0 Å². The molecule has 0 saturated heterocycles. The van der Waals surface area contributed by atoms with E-state index in [0.717, 1.165) is 25.2 Å². The van der Waals surface area contributed by atoms with Gasteiger partial charge in [-0.3, -0.25) is 4.99 Å². The summed E-state index contributed by atoms with van der Waals surface area (Å²) in [5, 5.41) is 6.37. The summed E-state index contributed by atoms with van der Waals surface area (Å²) < 4.78 is 30.3. The lowest BCUT2D eigenvalue weighted by molar-refractivity contribution is 0.0652. The van der Waals surface area contributed by atoms with Crippen LogP contribution in [0.2, 0.25) is 0 Å². The van der Waals surface area contributed by atoms with Crippen LogP contribution in [0.25, 0.3) is 0 Å². The van der Waals surface area contributed by atoms with Crippen LogP contribution in [-0.2, 0) is 14.8 Å². The van der Waals surface area contributed by atoms with Gasteiger partial charge in [-0.15, -0.1) is 0 Å². The molecule has 0 aromatic heterocycles. The first-order valence-electron chi connectivity index (χ1n) is 9.05. The van der Waals surface area contributed by atoms with Crippen LogP contribution in [0.3, 0.4) is 0 Å². The summed E-state index contributed by atoms with van der Waals surface area (Å²) in [4.78, 5) is 4.51. The molecule has 0 fully saturated rings. The summed E-state index contributed by atoms with van der Waals surface area (Å²) in [7, 11) is -3.12. The second-order valence-corrected chi connectivity index (χ2v) is 7.82. The van der Waals surface area contributed by atoms with Crippen molar-refractivity contribution in [2.75, 3.05) is 39.0 Å². The maximum atomic E-state index is 11.0. The fourth-order valence-electron chi connectivity index (χ4n) is 2.23. The Balaban J connectivity index is 2.22. The smallest absolute Gasteiger partial charge is 0.208 e. The molecule has 0 amide bonds. The van der Waals surface area contributed by atoms with E-state index in [1.807, 2.05) is 25.1 Å². The molecular weight excluding hydrogens is 352 g/mol.